The fraction of sp³-hybridized carbons (Fsp3) is 0.250. The topological polar surface area (TPSA) is 53.1 Å². The van der Waals surface area contributed by atoms with E-state index in [0.29, 0.717) is 23.1 Å². The summed E-state index contributed by atoms with van der Waals surface area (Å²) >= 11 is 9.47. The highest BCUT2D eigenvalue weighted by Gasteiger charge is 2.10. The minimum atomic E-state index is 0.571. The van der Waals surface area contributed by atoms with Gasteiger partial charge in [0.05, 0.1) is 28.8 Å². The van der Waals surface area contributed by atoms with Gasteiger partial charge in [-0.1, -0.05) is 17.7 Å². The third-order valence-corrected chi connectivity index (χ3v) is 3.92. The third kappa shape index (κ3) is 2.47. The first-order chi connectivity index (χ1) is 8.52. The number of methoxy groups -OCH3 is 1. The Bertz CT molecular complexity index is 583. The van der Waals surface area contributed by atoms with Gasteiger partial charge in [0, 0.05) is 0 Å². The zero-order valence-electron chi connectivity index (χ0n) is 10.1. The lowest BCUT2D eigenvalue weighted by Gasteiger charge is -2.07. The van der Waals surface area contributed by atoms with Crippen molar-refractivity contribution in [2.24, 2.45) is 0 Å². The highest BCUT2D eigenvalue weighted by molar-refractivity contribution is 9.10. The lowest BCUT2D eigenvalue weighted by atomic mass is 10.2. The molecule has 0 fully saturated rings. The molecule has 2 aromatic rings. The van der Waals surface area contributed by atoms with E-state index in [1.54, 1.807) is 11.8 Å². The first-order valence-corrected chi connectivity index (χ1v) is 6.51. The van der Waals surface area contributed by atoms with Gasteiger partial charge in [-0.2, -0.15) is 5.10 Å². The Hall–Kier alpha value is -1.20. The molecule has 1 heterocycles. The van der Waals surface area contributed by atoms with Gasteiger partial charge in [0.2, 0.25) is 0 Å². The summed E-state index contributed by atoms with van der Waals surface area (Å²) in [6, 6.07) is 5.62. The molecule has 1 aromatic heterocycles. The van der Waals surface area contributed by atoms with Crippen LogP contribution in [0.25, 0.3) is 0 Å². The molecule has 0 spiro atoms. The normalized spacial score (nSPS) is 10.7. The molecule has 0 radical (unpaired) electrons. The van der Waals surface area contributed by atoms with E-state index in [2.05, 4.69) is 21.0 Å². The van der Waals surface area contributed by atoms with Crippen LogP contribution in [0.5, 0.6) is 5.75 Å². The molecule has 0 bridgehead atoms. The van der Waals surface area contributed by atoms with Gasteiger partial charge in [-0.05, 0) is 40.5 Å². The van der Waals surface area contributed by atoms with Crippen molar-refractivity contribution in [3.63, 3.8) is 0 Å². The minimum absolute atomic E-state index is 0.571. The summed E-state index contributed by atoms with van der Waals surface area (Å²) in [6.07, 6.45) is 0. The summed E-state index contributed by atoms with van der Waals surface area (Å²) in [6.45, 7) is 2.47. The zero-order valence-corrected chi connectivity index (χ0v) is 12.4. The first kappa shape index (κ1) is 13.2. The molecular formula is C12H13BrClN3O. The van der Waals surface area contributed by atoms with E-state index < -0.39 is 0 Å². The molecule has 2 N–H and O–H groups in total. The first-order valence-electron chi connectivity index (χ1n) is 5.33. The molecule has 0 aliphatic heterocycles. The molecular weight excluding hydrogens is 318 g/mol. The van der Waals surface area contributed by atoms with Gasteiger partial charge in [0.15, 0.2) is 0 Å². The van der Waals surface area contributed by atoms with Gasteiger partial charge in [-0.3, -0.25) is 0 Å². The second-order valence-electron chi connectivity index (χ2n) is 3.91. The Morgan fingerprint density at radius 2 is 2.22 bits per heavy atom. The molecule has 0 aliphatic rings. The number of hydrogen-bond donors (Lipinski definition) is 1. The van der Waals surface area contributed by atoms with Crippen LogP contribution in [-0.4, -0.2) is 16.9 Å². The van der Waals surface area contributed by atoms with Crippen LogP contribution in [0.2, 0.25) is 5.02 Å². The number of nitrogen functional groups attached to an aromatic ring is 1. The number of rotatable bonds is 3. The molecule has 96 valence electrons. The van der Waals surface area contributed by atoms with Gasteiger partial charge < -0.3 is 10.5 Å². The maximum absolute atomic E-state index is 6.08. The number of nitrogens with two attached hydrogens (primary N) is 1. The average molecular weight is 331 g/mol. The highest BCUT2D eigenvalue weighted by Crippen LogP contribution is 2.27. The quantitative estimate of drug-likeness (QED) is 0.940. The zero-order chi connectivity index (χ0) is 13.3. The van der Waals surface area contributed by atoms with Crippen molar-refractivity contribution in [2.45, 2.75) is 13.5 Å². The molecule has 0 unspecified atom stereocenters. The summed E-state index contributed by atoms with van der Waals surface area (Å²) < 4.78 is 7.68. The standard InChI is InChI=1S/C12H13BrClN3O/c1-7-11(13)12(15)17(16-7)6-8-3-4-10(18-2)9(14)5-8/h3-5H,6,15H2,1-2H3. The SMILES string of the molecule is COc1ccc(Cn2nc(C)c(Br)c2N)cc1Cl. The minimum Gasteiger partial charge on any atom is -0.495 e. The van der Waals surface area contributed by atoms with E-state index in [9.17, 15) is 0 Å². The Morgan fingerprint density at radius 1 is 1.50 bits per heavy atom. The van der Waals surface area contributed by atoms with Gasteiger partial charge in [0.25, 0.3) is 0 Å². The number of nitrogens with zero attached hydrogens (tertiary/aromatic N) is 2. The van der Waals surface area contributed by atoms with Crippen LogP contribution in [0, 0.1) is 6.92 Å². The summed E-state index contributed by atoms with van der Waals surface area (Å²) in [5, 5.41) is 4.93. The van der Waals surface area contributed by atoms with Gasteiger partial charge in [-0.25, -0.2) is 4.68 Å². The van der Waals surface area contributed by atoms with Gasteiger partial charge >= 0.3 is 0 Å². The number of anilines is 1. The van der Waals surface area contributed by atoms with Crippen molar-refractivity contribution < 1.29 is 4.74 Å². The molecule has 2 rings (SSSR count). The Labute approximate surface area is 119 Å². The van der Waals surface area contributed by atoms with Crippen molar-refractivity contribution in [3.05, 3.63) is 39.0 Å². The fourth-order valence-electron chi connectivity index (χ4n) is 1.68. The molecule has 0 atom stereocenters. The average Bonchev–Trinajstić information content (AvgIpc) is 2.57. The molecule has 18 heavy (non-hydrogen) atoms. The van der Waals surface area contributed by atoms with Crippen molar-refractivity contribution in [1.82, 2.24) is 9.78 Å². The number of benzene rings is 1. The van der Waals surface area contributed by atoms with E-state index in [4.69, 9.17) is 22.1 Å². The molecule has 0 saturated heterocycles. The highest BCUT2D eigenvalue weighted by atomic mass is 79.9. The molecule has 6 heteroatoms. The molecule has 1 aromatic carbocycles. The Morgan fingerprint density at radius 3 is 2.72 bits per heavy atom. The molecule has 0 saturated carbocycles. The predicted molar refractivity (Wildman–Crippen MR) is 76.2 cm³/mol. The maximum Gasteiger partial charge on any atom is 0.137 e. The van der Waals surface area contributed by atoms with Gasteiger partial charge in [0.1, 0.15) is 11.6 Å². The molecule has 0 aliphatic carbocycles. The second kappa shape index (κ2) is 5.20. The van der Waals surface area contributed by atoms with E-state index in [1.165, 1.54) is 0 Å². The van der Waals surface area contributed by atoms with Crippen LogP contribution in [0.15, 0.2) is 22.7 Å². The number of aromatic nitrogens is 2. The van der Waals surface area contributed by atoms with Gasteiger partial charge in [-0.15, -0.1) is 0 Å². The smallest absolute Gasteiger partial charge is 0.137 e. The molecule has 4 nitrogen and oxygen atoms in total. The number of hydrogen-bond acceptors (Lipinski definition) is 3. The molecule has 0 amide bonds. The summed E-state index contributed by atoms with van der Waals surface area (Å²) in [4.78, 5) is 0. The monoisotopic (exact) mass is 329 g/mol. The van der Waals surface area contributed by atoms with Crippen molar-refractivity contribution in [3.8, 4) is 5.75 Å². The van der Waals surface area contributed by atoms with Crippen LogP contribution in [0.4, 0.5) is 5.82 Å². The largest absolute Gasteiger partial charge is 0.495 e. The van der Waals surface area contributed by atoms with Crippen LogP contribution in [-0.2, 0) is 6.54 Å². The Kier molecular flexibility index (Phi) is 3.82. The van der Waals surface area contributed by atoms with Crippen LogP contribution in [0.3, 0.4) is 0 Å². The van der Waals surface area contributed by atoms with Crippen LogP contribution in [0.1, 0.15) is 11.3 Å². The lowest BCUT2D eigenvalue weighted by molar-refractivity contribution is 0.415. The third-order valence-electron chi connectivity index (χ3n) is 2.64. The van der Waals surface area contributed by atoms with E-state index in [0.717, 1.165) is 15.7 Å². The summed E-state index contributed by atoms with van der Waals surface area (Å²) in [5.74, 6) is 1.27. The summed E-state index contributed by atoms with van der Waals surface area (Å²) in [5.41, 5.74) is 7.83. The summed E-state index contributed by atoms with van der Waals surface area (Å²) in [7, 11) is 1.59. The van der Waals surface area contributed by atoms with E-state index in [1.807, 2.05) is 25.1 Å². The number of ether oxygens (including phenoxy) is 1. The van der Waals surface area contributed by atoms with E-state index >= 15 is 0 Å². The van der Waals surface area contributed by atoms with E-state index in [-0.39, 0.29) is 0 Å². The van der Waals surface area contributed by atoms with Crippen LogP contribution < -0.4 is 10.5 Å². The number of halogens is 2. The Balaban J connectivity index is 2.28. The second-order valence-corrected chi connectivity index (χ2v) is 5.11. The maximum atomic E-state index is 6.08. The van der Waals surface area contributed by atoms with Crippen LogP contribution >= 0.6 is 27.5 Å². The lowest BCUT2D eigenvalue weighted by Crippen LogP contribution is -2.06. The number of aryl methyl sites for hydroxylation is 1. The predicted octanol–water partition coefficient (Wildman–Crippen LogP) is 3.25. The van der Waals surface area contributed by atoms with Crippen molar-refractivity contribution in [2.75, 3.05) is 12.8 Å². The van der Waals surface area contributed by atoms with Crippen molar-refractivity contribution in [1.29, 1.82) is 0 Å². The van der Waals surface area contributed by atoms with Crippen molar-refractivity contribution >= 4 is 33.3 Å². The fourth-order valence-corrected chi connectivity index (χ4v) is 2.24.